The topological polar surface area (TPSA) is 54.3 Å². The van der Waals surface area contributed by atoms with Crippen LogP contribution in [0.2, 0.25) is 5.02 Å². The highest BCUT2D eigenvalue weighted by Gasteiger charge is 2.26. The van der Waals surface area contributed by atoms with Gasteiger partial charge in [-0.1, -0.05) is 23.7 Å². The van der Waals surface area contributed by atoms with Gasteiger partial charge in [0.15, 0.2) is 5.82 Å². The van der Waals surface area contributed by atoms with E-state index in [2.05, 4.69) is 15.0 Å². The van der Waals surface area contributed by atoms with Crippen LogP contribution in [0.25, 0.3) is 5.82 Å². The molecular weight excluding hydrogens is 362 g/mol. The van der Waals surface area contributed by atoms with Crippen molar-refractivity contribution in [1.82, 2.24) is 19.7 Å². The molecule has 3 heterocycles. The summed E-state index contributed by atoms with van der Waals surface area (Å²) in [6, 6.07) is 15.2. The summed E-state index contributed by atoms with van der Waals surface area (Å²) in [4.78, 5) is 21.5. The summed E-state index contributed by atoms with van der Waals surface area (Å²) in [5.74, 6) is 0.624. The highest BCUT2D eigenvalue weighted by atomic mass is 35.5. The summed E-state index contributed by atoms with van der Waals surface area (Å²) >= 11 is 6.09. The highest BCUT2D eigenvalue weighted by molar-refractivity contribution is 6.30. The first kappa shape index (κ1) is 17.5. The molecule has 2 aromatic heterocycles. The van der Waals surface area contributed by atoms with Crippen LogP contribution < -0.4 is 4.90 Å². The van der Waals surface area contributed by atoms with E-state index in [-0.39, 0.29) is 5.91 Å². The molecule has 0 unspecified atom stereocenters. The molecule has 0 aliphatic carbocycles. The molecule has 0 spiro atoms. The summed E-state index contributed by atoms with van der Waals surface area (Å²) in [5.41, 5.74) is 2.42. The SMILES string of the molecule is Cc1cc(C(=O)N2CCN(c3cccc(Cl)c3)CC2)n(-c2ccccn2)n1. The van der Waals surface area contributed by atoms with Crippen LogP contribution in [0.15, 0.2) is 54.7 Å². The third kappa shape index (κ3) is 3.66. The third-order valence-corrected chi connectivity index (χ3v) is 4.89. The summed E-state index contributed by atoms with van der Waals surface area (Å²) in [5, 5.41) is 5.17. The number of halogens is 1. The van der Waals surface area contributed by atoms with Gasteiger partial charge in [0, 0.05) is 43.1 Å². The highest BCUT2D eigenvalue weighted by Crippen LogP contribution is 2.21. The van der Waals surface area contributed by atoms with Crippen LogP contribution in [0.3, 0.4) is 0 Å². The molecule has 0 radical (unpaired) electrons. The fourth-order valence-corrected chi connectivity index (χ4v) is 3.49. The van der Waals surface area contributed by atoms with Gasteiger partial charge >= 0.3 is 0 Å². The summed E-state index contributed by atoms with van der Waals surface area (Å²) in [7, 11) is 0. The minimum absolute atomic E-state index is 0.0213. The number of aryl methyl sites for hydroxylation is 1. The van der Waals surface area contributed by atoms with Crippen molar-refractivity contribution in [3.8, 4) is 5.82 Å². The Bertz CT molecular complexity index is 948. The van der Waals surface area contributed by atoms with E-state index in [1.54, 1.807) is 10.9 Å². The fourth-order valence-electron chi connectivity index (χ4n) is 3.31. The van der Waals surface area contributed by atoms with Gasteiger partial charge in [0.2, 0.25) is 0 Å². The van der Waals surface area contributed by atoms with E-state index in [0.717, 1.165) is 29.5 Å². The molecule has 0 atom stereocenters. The lowest BCUT2D eigenvalue weighted by atomic mass is 10.2. The maximum absolute atomic E-state index is 13.1. The molecule has 1 aromatic carbocycles. The number of hydrogen-bond acceptors (Lipinski definition) is 4. The van der Waals surface area contributed by atoms with Gasteiger partial charge < -0.3 is 9.80 Å². The zero-order chi connectivity index (χ0) is 18.8. The van der Waals surface area contributed by atoms with E-state index in [0.29, 0.717) is 24.6 Å². The standard InChI is InChI=1S/C20H20ClN5O/c1-15-13-18(26(23-15)19-7-2-3-8-22-19)20(27)25-11-9-24(10-12-25)17-6-4-5-16(21)14-17/h2-8,13-14H,9-12H2,1H3. The first-order chi connectivity index (χ1) is 13.1. The number of rotatable bonds is 3. The van der Waals surface area contributed by atoms with E-state index in [4.69, 9.17) is 11.6 Å². The predicted molar refractivity (Wildman–Crippen MR) is 106 cm³/mol. The van der Waals surface area contributed by atoms with Crippen molar-refractivity contribution >= 4 is 23.2 Å². The predicted octanol–water partition coefficient (Wildman–Crippen LogP) is 3.19. The van der Waals surface area contributed by atoms with Gasteiger partial charge in [-0.05, 0) is 43.3 Å². The van der Waals surface area contributed by atoms with Crippen molar-refractivity contribution in [2.24, 2.45) is 0 Å². The number of amides is 1. The summed E-state index contributed by atoms with van der Waals surface area (Å²) < 4.78 is 1.63. The van der Waals surface area contributed by atoms with Crippen molar-refractivity contribution in [1.29, 1.82) is 0 Å². The van der Waals surface area contributed by atoms with E-state index < -0.39 is 0 Å². The molecule has 7 heteroatoms. The van der Waals surface area contributed by atoms with Crippen LogP contribution in [-0.4, -0.2) is 51.8 Å². The molecule has 3 aromatic rings. The minimum atomic E-state index is -0.0213. The second-order valence-corrected chi connectivity index (χ2v) is 6.97. The van der Waals surface area contributed by atoms with Crippen molar-refractivity contribution in [3.63, 3.8) is 0 Å². The number of benzene rings is 1. The normalized spacial score (nSPS) is 14.4. The van der Waals surface area contributed by atoms with Crippen molar-refractivity contribution < 1.29 is 4.79 Å². The van der Waals surface area contributed by atoms with Crippen LogP contribution in [0.5, 0.6) is 0 Å². The smallest absolute Gasteiger partial charge is 0.272 e. The van der Waals surface area contributed by atoms with Crippen LogP contribution in [-0.2, 0) is 0 Å². The lowest BCUT2D eigenvalue weighted by Crippen LogP contribution is -2.49. The Morgan fingerprint density at radius 1 is 1.04 bits per heavy atom. The number of pyridine rings is 1. The quantitative estimate of drug-likeness (QED) is 0.699. The zero-order valence-corrected chi connectivity index (χ0v) is 15.8. The van der Waals surface area contributed by atoms with E-state index in [1.165, 1.54) is 0 Å². The lowest BCUT2D eigenvalue weighted by Gasteiger charge is -2.36. The number of aromatic nitrogens is 3. The Balaban J connectivity index is 1.51. The van der Waals surface area contributed by atoms with E-state index in [1.807, 2.05) is 60.4 Å². The Kier molecular flexibility index (Phi) is 4.81. The van der Waals surface area contributed by atoms with Crippen molar-refractivity contribution in [2.45, 2.75) is 6.92 Å². The molecule has 1 fully saturated rings. The third-order valence-electron chi connectivity index (χ3n) is 4.66. The second-order valence-electron chi connectivity index (χ2n) is 6.53. The number of carbonyl (C=O) groups excluding carboxylic acids is 1. The van der Waals surface area contributed by atoms with Gasteiger partial charge in [-0.25, -0.2) is 9.67 Å². The number of piperazine rings is 1. The van der Waals surface area contributed by atoms with Gasteiger partial charge in [-0.2, -0.15) is 5.10 Å². The molecule has 138 valence electrons. The molecule has 1 saturated heterocycles. The molecule has 0 N–H and O–H groups in total. The van der Waals surface area contributed by atoms with Crippen molar-refractivity contribution in [3.05, 3.63) is 71.1 Å². The molecule has 27 heavy (non-hydrogen) atoms. The average molecular weight is 382 g/mol. The number of hydrogen-bond donors (Lipinski definition) is 0. The molecule has 6 nitrogen and oxygen atoms in total. The Morgan fingerprint density at radius 3 is 2.56 bits per heavy atom. The van der Waals surface area contributed by atoms with E-state index in [9.17, 15) is 4.79 Å². The maximum atomic E-state index is 13.1. The molecule has 0 bridgehead atoms. The Morgan fingerprint density at radius 2 is 1.85 bits per heavy atom. The van der Waals surface area contributed by atoms with Crippen LogP contribution in [0.4, 0.5) is 5.69 Å². The molecule has 4 rings (SSSR count). The molecule has 1 amide bonds. The molecule has 0 saturated carbocycles. The number of nitrogens with zero attached hydrogens (tertiary/aromatic N) is 5. The summed E-state index contributed by atoms with van der Waals surface area (Å²) in [6.45, 7) is 4.72. The maximum Gasteiger partial charge on any atom is 0.272 e. The zero-order valence-electron chi connectivity index (χ0n) is 15.0. The fraction of sp³-hybridized carbons (Fsp3) is 0.250. The first-order valence-electron chi connectivity index (χ1n) is 8.90. The van der Waals surface area contributed by atoms with Gasteiger partial charge in [0.25, 0.3) is 5.91 Å². The Labute approximate surface area is 163 Å². The number of carbonyl (C=O) groups is 1. The van der Waals surface area contributed by atoms with Gasteiger partial charge in [0.05, 0.1) is 5.69 Å². The van der Waals surface area contributed by atoms with E-state index >= 15 is 0 Å². The van der Waals surface area contributed by atoms with Crippen LogP contribution in [0.1, 0.15) is 16.2 Å². The number of anilines is 1. The average Bonchev–Trinajstić information content (AvgIpc) is 3.10. The Hall–Kier alpha value is -2.86. The molecule has 1 aliphatic heterocycles. The van der Waals surface area contributed by atoms with Crippen LogP contribution in [0, 0.1) is 6.92 Å². The lowest BCUT2D eigenvalue weighted by molar-refractivity contribution is 0.0737. The van der Waals surface area contributed by atoms with Gasteiger partial charge in [-0.15, -0.1) is 0 Å². The van der Waals surface area contributed by atoms with Crippen LogP contribution >= 0.6 is 11.6 Å². The summed E-state index contributed by atoms with van der Waals surface area (Å²) in [6.07, 6.45) is 1.70. The monoisotopic (exact) mass is 381 g/mol. The minimum Gasteiger partial charge on any atom is -0.368 e. The molecular formula is C20H20ClN5O. The van der Waals surface area contributed by atoms with Gasteiger partial charge in [0.1, 0.15) is 5.69 Å². The first-order valence-corrected chi connectivity index (χ1v) is 9.27. The van der Waals surface area contributed by atoms with Gasteiger partial charge in [-0.3, -0.25) is 4.79 Å². The largest absolute Gasteiger partial charge is 0.368 e. The second kappa shape index (κ2) is 7.40. The molecule has 1 aliphatic rings. The van der Waals surface area contributed by atoms with Crippen molar-refractivity contribution in [2.75, 3.05) is 31.1 Å².